The Hall–Kier alpha value is -1.99. The summed E-state index contributed by atoms with van der Waals surface area (Å²) in [6, 6.07) is 9.26. The Morgan fingerprint density at radius 1 is 1.38 bits per heavy atom. The van der Waals surface area contributed by atoms with Crippen LogP contribution in [0, 0.1) is 0 Å². The number of rotatable bonds is 7. The lowest BCUT2D eigenvalue weighted by molar-refractivity contribution is -0.133. The van der Waals surface area contributed by atoms with Gasteiger partial charge < -0.3 is 14.6 Å². The lowest BCUT2D eigenvalue weighted by atomic mass is 10.3. The van der Waals surface area contributed by atoms with E-state index in [9.17, 15) is 4.79 Å². The fourth-order valence-electron chi connectivity index (χ4n) is 1.79. The molecule has 0 aliphatic carbocycles. The van der Waals surface area contributed by atoms with Gasteiger partial charge in [-0.15, -0.1) is 0 Å². The minimum absolute atomic E-state index is 0.0257. The van der Waals surface area contributed by atoms with Crippen LogP contribution in [-0.4, -0.2) is 40.8 Å². The fourth-order valence-corrected chi connectivity index (χ4v) is 2.55. The van der Waals surface area contributed by atoms with E-state index in [1.807, 2.05) is 30.3 Å². The van der Waals surface area contributed by atoms with Crippen LogP contribution < -0.4 is 4.74 Å². The molecule has 0 amide bonds. The highest BCUT2D eigenvalue weighted by Gasteiger charge is 2.12. The maximum Gasteiger partial charge on any atom is 0.313 e. The first-order valence-corrected chi connectivity index (χ1v) is 7.19. The van der Waals surface area contributed by atoms with Gasteiger partial charge in [-0.05, 0) is 18.2 Å². The van der Waals surface area contributed by atoms with Gasteiger partial charge in [-0.2, -0.15) is 5.10 Å². The Morgan fingerprint density at radius 2 is 2.19 bits per heavy atom. The van der Waals surface area contributed by atoms with Crippen LogP contribution in [0.25, 0.3) is 5.69 Å². The van der Waals surface area contributed by atoms with E-state index in [1.54, 1.807) is 18.9 Å². The van der Waals surface area contributed by atoms with E-state index in [4.69, 9.17) is 14.6 Å². The summed E-state index contributed by atoms with van der Waals surface area (Å²) in [6.07, 6.45) is 0. The minimum Gasteiger partial charge on any atom is -0.497 e. The van der Waals surface area contributed by atoms with Crippen molar-refractivity contribution in [1.29, 1.82) is 0 Å². The van der Waals surface area contributed by atoms with Crippen LogP contribution in [0.1, 0.15) is 5.69 Å². The van der Waals surface area contributed by atoms with Crippen molar-refractivity contribution in [2.24, 2.45) is 0 Å². The zero-order valence-corrected chi connectivity index (χ0v) is 12.6. The first kappa shape index (κ1) is 15.4. The molecular weight excluding hydrogens is 292 g/mol. The molecule has 0 unspecified atom stereocenters. The van der Waals surface area contributed by atoms with E-state index in [1.165, 1.54) is 11.8 Å². The summed E-state index contributed by atoms with van der Waals surface area (Å²) in [5.41, 5.74) is 1.55. The Morgan fingerprint density at radius 3 is 2.86 bits per heavy atom. The molecule has 1 heterocycles. The van der Waals surface area contributed by atoms with Crippen molar-refractivity contribution in [3.05, 3.63) is 36.0 Å². The van der Waals surface area contributed by atoms with Gasteiger partial charge in [0.15, 0.2) is 0 Å². The van der Waals surface area contributed by atoms with E-state index >= 15 is 0 Å². The number of methoxy groups -OCH3 is 2. The molecule has 0 saturated heterocycles. The van der Waals surface area contributed by atoms with Crippen LogP contribution in [0.4, 0.5) is 0 Å². The lowest BCUT2D eigenvalue weighted by Gasteiger charge is -2.07. The quantitative estimate of drug-likeness (QED) is 0.791. The maximum atomic E-state index is 10.8. The first-order valence-electron chi connectivity index (χ1n) is 6.21. The third kappa shape index (κ3) is 3.99. The van der Waals surface area contributed by atoms with Gasteiger partial charge in [0, 0.05) is 13.2 Å². The molecule has 6 nitrogen and oxygen atoms in total. The predicted molar refractivity (Wildman–Crippen MR) is 79.2 cm³/mol. The third-order valence-corrected chi connectivity index (χ3v) is 3.64. The molecule has 7 heteroatoms. The maximum absolute atomic E-state index is 10.8. The molecule has 0 aliphatic rings. The summed E-state index contributed by atoms with van der Waals surface area (Å²) >= 11 is 1.21. The van der Waals surface area contributed by atoms with Crippen LogP contribution in [0.3, 0.4) is 0 Å². The highest BCUT2D eigenvalue weighted by Crippen LogP contribution is 2.25. The van der Waals surface area contributed by atoms with Crippen molar-refractivity contribution in [1.82, 2.24) is 9.78 Å². The van der Waals surface area contributed by atoms with Crippen molar-refractivity contribution < 1.29 is 19.4 Å². The van der Waals surface area contributed by atoms with Crippen LogP contribution in [-0.2, 0) is 16.1 Å². The summed E-state index contributed by atoms with van der Waals surface area (Å²) < 4.78 is 12.0. The highest BCUT2D eigenvalue weighted by molar-refractivity contribution is 7.99. The van der Waals surface area contributed by atoms with Gasteiger partial charge in [-0.1, -0.05) is 17.8 Å². The largest absolute Gasteiger partial charge is 0.497 e. The van der Waals surface area contributed by atoms with Gasteiger partial charge in [0.05, 0.1) is 30.9 Å². The Bertz CT molecular complexity index is 627. The molecule has 21 heavy (non-hydrogen) atoms. The topological polar surface area (TPSA) is 73.6 Å². The molecule has 0 radical (unpaired) electrons. The van der Waals surface area contributed by atoms with Crippen molar-refractivity contribution >= 4 is 17.7 Å². The predicted octanol–water partition coefficient (Wildman–Crippen LogP) is 2.20. The lowest BCUT2D eigenvalue weighted by Crippen LogP contribution is -2.03. The molecule has 1 aromatic carbocycles. The summed E-state index contributed by atoms with van der Waals surface area (Å²) in [5.74, 6) is -0.181. The van der Waals surface area contributed by atoms with E-state index in [2.05, 4.69) is 5.10 Å². The SMILES string of the molecule is COCc1cc(SCC(=O)O)n(-c2cccc(OC)c2)n1. The Kier molecular flexibility index (Phi) is 5.24. The van der Waals surface area contributed by atoms with Crippen LogP contribution in [0.2, 0.25) is 0 Å². The monoisotopic (exact) mass is 308 g/mol. The number of benzene rings is 1. The van der Waals surface area contributed by atoms with E-state index in [-0.39, 0.29) is 5.75 Å². The zero-order chi connectivity index (χ0) is 15.2. The van der Waals surface area contributed by atoms with Gasteiger partial charge >= 0.3 is 5.97 Å². The van der Waals surface area contributed by atoms with Crippen LogP contribution in [0.5, 0.6) is 5.75 Å². The van der Waals surface area contributed by atoms with Crippen molar-refractivity contribution in [3.8, 4) is 11.4 Å². The molecule has 2 aromatic rings. The molecule has 0 saturated carbocycles. The number of carbonyl (C=O) groups is 1. The average Bonchev–Trinajstić information content (AvgIpc) is 2.88. The smallest absolute Gasteiger partial charge is 0.313 e. The number of aliphatic carboxylic acids is 1. The number of nitrogens with zero attached hydrogens (tertiary/aromatic N) is 2. The van der Waals surface area contributed by atoms with Crippen molar-refractivity contribution in [2.45, 2.75) is 11.6 Å². The molecule has 1 N–H and O–H groups in total. The number of thioether (sulfide) groups is 1. The van der Waals surface area contributed by atoms with Crippen molar-refractivity contribution in [2.75, 3.05) is 20.0 Å². The standard InChI is InChI=1S/C14H16N2O4S/c1-19-8-10-6-13(21-9-14(17)18)16(15-10)11-4-3-5-12(7-11)20-2/h3-7H,8-9H2,1-2H3,(H,17,18). The number of carboxylic acids is 1. The van der Waals surface area contributed by atoms with Gasteiger partial charge in [0.1, 0.15) is 10.8 Å². The third-order valence-electron chi connectivity index (χ3n) is 2.66. The summed E-state index contributed by atoms with van der Waals surface area (Å²) in [5, 5.41) is 14.0. The molecule has 0 atom stereocenters. The number of aromatic nitrogens is 2. The van der Waals surface area contributed by atoms with Gasteiger partial charge in [-0.3, -0.25) is 4.79 Å². The second-order valence-electron chi connectivity index (χ2n) is 4.20. The second kappa shape index (κ2) is 7.14. The summed E-state index contributed by atoms with van der Waals surface area (Å²) in [4.78, 5) is 10.8. The summed E-state index contributed by atoms with van der Waals surface area (Å²) in [7, 11) is 3.19. The molecule has 0 bridgehead atoms. The van der Waals surface area contributed by atoms with E-state index in [0.717, 1.165) is 16.4 Å². The van der Waals surface area contributed by atoms with E-state index < -0.39 is 5.97 Å². The molecule has 112 valence electrons. The van der Waals surface area contributed by atoms with E-state index in [0.29, 0.717) is 12.4 Å². The number of hydrogen-bond donors (Lipinski definition) is 1. The Labute approximate surface area is 126 Å². The van der Waals surface area contributed by atoms with Crippen molar-refractivity contribution in [3.63, 3.8) is 0 Å². The van der Waals surface area contributed by atoms with Gasteiger partial charge in [0.25, 0.3) is 0 Å². The second-order valence-corrected chi connectivity index (χ2v) is 5.20. The highest BCUT2D eigenvalue weighted by atomic mass is 32.2. The van der Waals surface area contributed by atoms with Gasteiger partial charge in [-0.25, -0.2) is 4.68 Å². The van der Waals surface area contributed by atoms with Crippen LogP contribution >= 0.6 is 11.8 Å². The normalized spacial score (nSPS) is 10.6. The minimum atomic E-state index is -0.869. The molecule has 1 aromatic heterocycles. The fraction of sp³-hybridized carbons (Fsp3) is 0.286. The number of carboxylic acid groups (broad SMARTS) is 1. The average molecular weight is 308 g/mol. The Balaban J connectivity index is 2.36. The molecule has 2 rings (SSSR count). The van der Waals surface area contributed by atoms with Gasteiger partial charge in [0.2, 0.25) is 0 Å². The molecular formula is C14H16N2O4S. The summed E-state index contributed by atoms with van der Waals surface area (Å²) in [6.45, 7) is 0.373. The first-order chi connectivity index (χ1) is 10.1. The number of ether oxygens (including phenoxy) is 2. The zero-order valence-electron chi connectivity index (χ0n) is 11.8. The number of hydrogen-bond acceptors (Lipinski definition) is 5. The molecule has 0 fully saturated rings. The molecule has 0 aliphatic heterocycles. The molecule has 0 spiro atoms. The van der Waals surface area contributed by atoms with Crippen LogP contribution in [0.15, 0.2) is 35.4 Å².